The summed E-state index contributed by atoms with van der Waals surface area (Å²) in [5.74, 6) is 0. The lowest BCUT2D eigenvalue weighted by atomic mass is 9.98. The third-order valence-corrected chi connectivity index (χ3v) is 4.51. The minimum absolute atomic E-state index is 0.0246. The molecule has 1 N–H and O–H groups in total. The van der Waals surface area contributed by atoms with Gasteiger partial charge in [0.05, 0.1) is 0 Å². The molecule has 1 heterocycles. The van der Waals surface area contributed by atoms with Crippen molar-refractivity contribution in [2.75, 3.05) is 11.6 Å². The van der Waals surface area contributed by atoms with Gasteiger partial charge < -0.3 is 10.2 Å². The summed E-state index contributed by atoms with van der Waals surface area (Å²) in [5, 5.41) is 3.00. The standard InChI is InChI=1S/C15H22N2OS/c1-11-5-4-6-12(2)17(11)15(18)16-13-7-9-14(19-3)10-8-13/h7-12H,4-6H2,1-3H3,(H,16,18). The van der Waals surface area contributed by atoms with Crippen molar-refractivity contribution in [1.29, 1.82) is 0 Å². The predicted molar refractivity (Wildman–Crippen MR) is 81.9 cm³/mol. The fourth-order valence-electron chi connectivity index (χ4n) is 2.68. The van der Waals surface area contributed by atoms with Crippen molar-refractivity contribution in [3.8, 4) is 0 Å². The maximum atomic E-state index is 12.4. The number of nitrogens with one attached hydrogen (secondary N) is 1. The number of urea groups is 1. The number of anilines is 1. The fourth-order valence-corrected chi connectivity index (χ4v) is 3.09. The minimum Gasteiger partial charge on any atom is -0.319 e. The number of benzene rings is 1. The first-order chi connectivity index (χ1) is 9.11. The van der Waals surface area contributed by atoms with Crippen molar-refractivity contribution in [3.63, 3.8) is 0 Å². The normalized spacial score (nSPS) is 23.2. The number of rotatable bonds is 2. The van der Waals surface area contributed by atoms with E-state index >= 15 is 0 Å². The first-order valence-electron chi connectivity index (χ1n) is 6.85. The first kappa shape index (κ1) is 14.3. The molecule has 1 aliphatic rings. The number of hydrogen-bond donors (Lipinski definition) is 1. The number of thioether (sulfide) groups is 1. The van der Waals surface area contributed by atoms with Gasteiger partial charge in [0.1, 0.15) is 0 Å². The van der Waals surface area contributed by atoms with Crippen LogP contribution in [-0.2, 0) is 0 Å². The molecule has 1 aromatic rings. The van der Waals surface area contributed by atoms with Crippen LogP contribution in [-0.4, -0.2) is 29.3 Å². The zero-order valence-corrected chi connectivity index (χ0v) is 12.7. The number of hydrogen-bond acceptors (Lipinski definition) is 2. The predicted octanol–water partition coefficient (Wildman–Crippen LogP) is 4.20. The zero-order valence-electron chi connectivity index (χ0n) is 11.8. The maximum absolute atomic E-state index is 12.4. The van der Waals surface area contributed by atoms with Gasteiger partial charge in [0, 0.05) is 22.7 Å². The van der Waals surface area contributed by atoms with Gasteiger partial charge in [-0.05, 0) is 63.6 Å². The van der Waals surface area contributed by atoms with Crippen LogP contribution in [0.2, 0.25) is 0 Å². The summed E-state index contributed by atoms with van der Waals surface area (Å²) in [4.78, 5) is 15.5. The Bertz CT molecular complexity index is 422. The van der Waals surface area contributed by atoms with E-state index in [1.807, 2.05) is 35.4 Å². The SMILES string of the molecule is CSc1ccc(NC(=O)N2C(C)CCCC2C)cc1. The highest BCUT2D eigenvalue weighted by molar-refractivity contribution is 7.98. The van der Waals surface area contributed by atoms with Gasteiger partial charge in [-0.25, -0.2) is 4.79 Å². The van der Waals surface area contributed by atoms with Gasteiger partial charge in [-0.2, -0.15) is 0 Å². The topological polar surface area (TPSA) is 32.3 Å². The molecule has 0 aromatic heterocycles. The fraction of sp³-hybridized carbons (Fsp3) is 0.533. The summed E-state index contributed by atoms with van der Waals surface area (Å²) >= 11 is 1.70. The molecule has 2 unspecified atom stereocenters. The van der Waals surface area contributed by atoms with E-state index in [-0.39, 0.29) is 6.03 Å². The van der Waals surface area contributed by atoms with Crippen molar-refractivity contribution < 1.29 is 4.79 Å². The second kappa shape index (κ2) is 6.33. The first-order valence-corrected chi connectivity index (χ1v) is 8.07. The largest absolute Gasteiger partial charge is 0.322 e. The number of nitrogens with zero attached hydrogens (tertiary/aromatic N) is 1. The molecule has 0 spiro atoms. The van der Waals surface area contributed by atoms with Gasteiger partial charge in [0.2, 0.25) is 0 Å². The van der Waals surface area contributed by atoms with Crippen LogP contribution in [0, 0.1) is 0 Å². The van der Waals surface area contributed by atoms with Crippen LogP contribution in [0.4, 0.5) is 10.5 Å². The number of piperidine rings is 1. The van der Waals surface area contributed by atoms with Crippen molar-refractivity contribution in [3.05, 3.63) is 24.3 Å². The Morgan fingerprint density at radius 3 is 2.32 bits per heavy atom. The van der Waals surface area contributed by atoms with Gasteiger partial charge in [-0.3, -0.25) is 0 Å². The van der Waals surface area contributed by atoms with Gasteiger partial charge >= 0.3 is 6.03 Å². The molecule has 4 heteroatoms. The summed E-state index contributed by atoms with van der Waals surface area (Å²) in [6.45, 7) is 4.26. The molecular weight excluding hydrogens is 256 g/mol. The Hall–Kier alpha value is -1.16. The summed E-state index contributed by atoms with van der Waals surface area (Å²) < 4.78 is 0. The summed E-state index contributed by atoms with van der Waals surface area (Å²) in [5.41, 5.74) is 0.868. The molecule has 0 radical (unpaired) electrons. The molecule has 1 saturated heterocycles. The van der Waals surface area contributed by atoms with Gasteiger partial charge in [0.15, 0.2) is 0 Å². The maximum Gasteiger partial charge on any atom is 0.322 e. The average molecular weight is 278 g/mol. The number of carbonyl (C=O) groups excluding carboxylic acids is 1. The molecule has 2 atom stereocenters. The van der Waals surface area contributed by atoms with Gasteiger partial charge in [-0.15, -0.1) is 11.8 Å². The zero-order chi connectivity index (χ0) is 13.8. The molecule has 1 aliphatic heterocycles. The van der Waals surface area contributed by atoms with Crippen LogP contribution in [0.1, 0.15) is 33.1 Å². The molecule has 1 fully saturated rings. The minimum atomic E-state index is 0.0246. The lowest BCUT2D eigenvalue weighted by molar-refractivity contribution is 0.133. The third-order valence-electron chi connectivity index (χ3n) is 3.77. The molecule has 2 amide bonds. The second-order valence-electron chi connectivity index (χ2n) is 5.19. The molecule has 1 aromatic carbocycles. The number of carbonyl (C=O) groups is 1. The molecule has 3 nitrogen and oxygen atoms in total. The van der Waals surface area contributed by atoms with Gasteiger partial charge in [-0.1, -0.05) is 0 Å². The van der Waals surface area contributed by atoms with Crippen LogP contribution in [0.25, 0.3) is 0 Å². The highest BCUT2D eigenvalue weighted by atomic mass is 32.2. The van der Waals surface area contributed by atoms with E-state index < -0.39 is 0 Å². The summed E-state index contributed by atoms with van der Waals surface area (Å²) in [6.07, 6.45) is 5.46. The van der Waals surface area contributed by atoms with Crippen molar-refractivity contribution in [1.82, 2.24) is 4.90 Å². The molecule has 104 valence electrons. The van der Waals surface area contributed by atoms with E-state index in [1.54, 1.807) is 11.8 Å². The summed E-state index contributed by atoms with van der Waals surface area (Å²) in [7, 11) is 0. The van der Waals surface area contributed by atoms with Crippen molar-refractivity contribution in [2.45, 2.75) is 50.1 Å². The van der Waals surface area contributed by atoms with Crippen LogP contribution < -0.4 is 5.32 Å². The Kier molecular flexibility index (Phi) is 4.75. The highest BCUT2D eigenvalue weighted by Crippen LogP contribution is 2.24. The number of amides is 2. The lowest BCUT2D eigenvalue weighted by Gasteiger charge is -2.38. The van der Waals surface area contributed by atoms with E-state index in [4.69, 9.17) is 0 Å². The lowest BCUT2D eigenvalue weighted by Crippen LogP contribution is -2.49. The highest BCUT2D eigenvalue weighted by Gasteiger charge is 2.28. The second-order valence-corrected chi connectivity index (χ2v) is 6.07. The van der Waals surface area contributed by atoms with Gasteiger partial charge in [0.25, 0.3) is 0 Å². The Morgan fingerprint density at radius 2 is 1.79 bits per heavy atom. The van der Waals surface area contributed by atoms with Crippen LogP contribution >= 0.6 is 11.8 Å². The Balaban J connectivity index is 2.02. The Morgan fingerprint density at radius 1 is 1.21 bits per heavy atom. The third kappa shape index (κ3) is 3.44. The van der Waals surface area contributed by atoms with Crippen LogP contribution in [0.3, 0.4) is 0 Å². The quantitative estimate of drug-likeness (QED) is 0.822. The molecule has 0 aliphatic carbocycles. The molecule has 19 heavy (non-hydrogen) atoms. The average Bonchev–Trinajstić information content (AvgIpc) is 2.39. The monoisotopic (exact) mass is 278 g/mol. The van der Waals surface area contributed by atoms with Crippen LogP contribution in [0.5, 0.6) is 0 Å². The molecule has 0 bridgehead atoms. The molecular formula is C15H22N2OS. The van der Waals surface area contributed by atoms with E-state index in [0.717, 1.165) is 18.5 Å². The van der Waals surface area contributed by atoms with E-state index in [2.05, 4.69) is 19.2 Å². The Labute approximate surface area is 119 Å². The van der Waals surface area contributed by atoms with Crippen molar-refractivity contribution >= 4 is 23.5 Å². The van der Waals surface area contributed by atoms with Crippen LogP contribution in [0.15, 0.2) is 29.2 Å². The summed E-state index contributed by atoms with van der Waals surface area (Å²) in [6, 6.07) is 8.67. The van der Waals surface area contributed by atoms with E-state index in [0.29, 0.717) is 12.1 Å². The molecule has 2 rings (SSSR count). The van der Waals surface area contributed by atoms with E-state index in [1.165, 1.54) is 11.3 Å². The number of likely N-dealkylation sites (tertiary alicyclic amines) is 1. The van der Waals surface area contributed by atoms with E-state index in [9.17, 15) is 4.79 Å². The smallest absolute Gasteiger partial charge is 0.319 e. The van der Waals surface area contributed by atoms with Crippen molar-refractivity contribution in [2.24, 2.45) is 0 Å². The molecule has 0 saturated carbocycles.